The molecule has 0 unspecified atom stereocenters. The number of hydrogen-bond acceptors (Lipinski definition) is 5. The number of nitrogens with zero attached hydrogens (tertiary/aromatic N) is 2. The Balaban J connectivity index is 1.64. The van der Waals surface area contributed by atoms with Gasteiger partial charge in [-0.05, 0) is 41.5 Å². The van der Waals surface area contributed by atoms with Crippen LogP contribution < -0.4 is 14.9 Å². The molecular formula is C24H19Cl2N3O3. The molecule has 0 spiro atoms. The van der Waals surface area contributed by atoms with Gasteiger partial charge in [0.05, 0.1) is 19.4 Å². The Bertz CT molecular complexity index is 1160. The highest BCUT2D eigenvalue weighted by atomic mass is 35.5. The highest BCUT2D eigenvalue weighted by Crippen LogP contribution is 2.29. The highest BCUT2D eigenvalue weighted by molar-refractivity contribution is 6.35. The van der Waals surface area contributed by atoms with Crippen molar-refractivity contribution in [2.75, 3.05) is 7.11 Å². The zero-order valence-corrected chi connectivity index (χ0v) is 18.6. The van der Waals surface area contributed by atoms with E-state index in [2.05, 4.69) is 10.5 Å². The summed E-state index contributed by atoms with van der Waals surface area (Å²) < 4.78 is 11.2. The molecule has 1 atom stereocenters. The van der Waals surface area contributed by atoms with Gasteiger partial charge in [0.2, 0.25) is 0 Å². The van der Waals surface area contributed by atoms with Crippen LogP contribution in [0.15, 0.2) is 71.8 Å². The van der Waals surface area contributed by atoms with Crippen molar-refractivity contribution >= 4 is 35.3 Å². The van der Waals surface area contributed by atoms with Gasteiger partial charge in [-0.1, -0.05) is 59.6 Å². The summed E-state index contributed by atoms with van der Waals surface area (Å²) in [4.78, 5) is 12.3. The van der Waals surface area contributed by atoms with E-state index in [0.717, 1.165) is 5.56 Å². The minimum atomic E-state index is -0.946. The van der Waals surface area contributed by atoms with Gasteiger partial charge < -0.3 is 9.47 Å². The van der Waals surface area contributed by atoms with Crippen LogP contribution in [0.25, 0.3) is 0 Å². The molecule has 1 N–H and O–H groups in total. The van der Waals surface area contributed by atoms with Crippen LogP contribution in [0.5, 0.6) is 11.5 Å². The topological polar surface area (TPSA) is 83.7 Å². The molecule has 0 bridgehead atoms. The first kappa shape index (κ1) is 23.1. The summed E-state index contributed by atoms with van der Waals surface area (Å²) in [5.74, 6) is -0.446. The molecule has 0 saturated carbocycles. The molecule has 6 nitrogen and oxygen atoms in total. The van der Waals surface area contributed by atoms with E-state index in [1.54, 1.807) is 60.7 Å². The Morgan fingerprint density at radius 1 is 1.12 bits per heavy atom. The first-order valence-corrected chi connectivity index (χ1v) is 10.3. The van der Waals surface area contributed by atoms with Gasteiger partial charge >= 0.3 is 0 Å². The van der Waals surface area contributed by atoms with Gasteiger partial charge in [-0.2, -0.15) is 10.4 Å². The SMILES string of the molecule is COc1cc(/C=N\NC(=O)[C@H](C#N)c2ccccc2)ccc1OCc1ccc(Cl)cc1Cl. The second-order valence-corrected chi connectivity index (χ2v) is 7.49. The zero-order valence-electron chi connectivity index (χ0n) is 17.1. The first-order valence-electron chi connectivity index (χ1n) is 9.54. The van der Waals surface area contributed by atoms with Gasteiger partial charge in [-0.3, -0.25) is 4.79 Å². The second kappa shape index (κ2) is 11.2. The van der Waals surface area contributed by atoms with E-state index in [0.29, 0.717) is 32.7 Å². The third-order valence-electron chi connectivity index (χ3n) is 4.50. The molecule has 162 valence electrons. The molecule has 3 rings (SSSR count). The Labute approximate surface area is 196 Å². The Kier molecular flexibility index (Phi) is 8.09. The van der Waals surface area contributed by atoms with Crippen molar-refractivity contribution in [3.63, 3.8) is 0 Å². The maximum Gasteiger partial charge on any atom is 0.261 e. The van der Waals surface area contributed by atoms with Crippen LogP contribution in [-0.4, -0.2) is 19.2 Å². The Hall–Kier alpha value is -3.53. The minimum Gasteiger partial charge on any atom is -0.493 e. The molecule has 0 fully saturated rings. The number of hydrazone groups is 1. The van der Waals surface area contributed by atoms with Gasteiger partial charge in [-0.25, -0.2) is 5.43 Å². The maximum atomic E-state index is 12.3. The van der Waals surface area contributed by atoms with E-state index in [1.807, 2.05) is 12.1 Å². The van der Waals surface area contributed by atoms with Gasteiger partial charge in [0.1, 0.15) is 6.61 Å². The lowest BCUT2D eigenvalue weighted by atomic mass is 10.0. The van der Waals surface area contributed by atoms with Crippen molar-refractivity contribution in [3.05, 3.63) is 93.5 Å². The molecule has 3 aromatic rings. The van der Waals surface area contributed by atoms with Gasteiger partial charge in [0.15, 0.2) is 17.4 Å². The number of carbonyl (C=O) groups excluding carboxylic acids is 1. The molecule has 32 heavy (non-hydrogen) atoms. The summed E-state index contributed by atoms with van der Waals surface area (Å²) in [6.07, 6.45) is 1.46. The fourth-order valence-electron chi connectivity index (χ4n) is 2.84. The van der Waals surface area contributed by atoms with E-state index < -0.39 is 11.8 Å². The van der Waals surface area contributed by atoms with Crippen LogP contribution in [0.1, 0.15) is 22.6 Å². The van der Waals surface area contributed by atoms with Crippen molar-refractivity contribution in [1.82, 2.24) is 5.43 Å². The van der Waals surface area contributed by atoms with Crippen LogP contribution in [0, 0.1) is 11.3 Å². The van der Waals surface area contributed by atoms with Crippen molar-refractivity contribution < 1.29 is 14.3 Å². The first-order chi connectivity index (χ1) is 15.5. The summed E-state index contributed by atoms with van der Waals surface area (Å²) in [5.41, 5.74) is 4.47. The number of carbonyl (C=O) groups is 1. The Morgan fingerprint density at radius 3 is 2.59 bits per heavy atom. The minimum absolute atomic E-state index is 0.241. The Morgan fingerprint density at radius 2 is 1.91 bits per heavy atom. The number of rotatable bonds is 8. The fourth-order valence-corrected chi connectivity index (χ4v) is 3.31. The average Bonchev–Trinajstić information content (AvgIpc) is 2.80. The van der Waals surface area contributed by atoms with Crippen LogP contribution >= 0.6 is 23.2 Å². The molecule has 0 aliphatic heterocycles. The molecule has 0 heterocycles. The largest absolute Gasteiger partial charge is 0.493 e. The lowest BCUT2D eigenvalue weighted by Crippen LogP contribution is -2.24. The van der Waals surface area contributed by atoms with Crippen LogP contribution in [0.2, 0.25) is 10.0 Å². The second-order valence-electron chi connectivity index (χ2n) is 6.64. The number of nitrogens with one attached hydrogen (secondary N) is 1. The van der Waals surface area contributed by atoms with E-state index >= 15 is 0 Å². The van der Waals surface area contributed by atoms with E-state index in [9.17, 15) is 10.1 Å². The molecule has 8 heteroatoms. The number of hydrogen-bond donors (Lipinski definition) is 1. The molecule has 0 aromatic heterocycles. The summed E-state index contributed by atoms with van der Waals surface area (Å²) in [5, 5.41) is 14.3. The predicted octanol–water partition coefficient (Wildman–Crippen LogP) is 5.34. The summed E-state index contributed by atoms with van der Waals surface area (Å²) >= 11 is 12.1. The lowest BCUT2D eigenvalue weighted by molar-refractivity contribution is -0.121. The molecule has 0 aliphatic carbocycles. The van der Waals surface area contributed by atoms with Gasteiger partial charge in [0.25, 0.3) is 5.91 Å². The van der Waals surface area contributed by atoms with Crippen LogP contribution in [0.3, 0.4) is 0 Å². The highest BCUT2D eigenvalue weighted by Gasteiger charge is 2.19. The third-order valence-corrected chi connectivity index (χ3v) is 5.09. The molecule has 3 aromatic carbocycles. The third kappa shape index (κ3) is 6.01. The van der Waals surface area contributed by atoms with Crippen molar-refractivity contribution in [2.24, 2.45) is 5.10 Å². The number of ether oxygens (including phenoxy) is 2. The molecule has 0 saturated heterocycles. The summed E-state index contributed by atoms with van der Waals surface area (Å²) in [6, 6.07) is 21.2. The molecule has 1 amide bonds. The van der Waals surface area contributed by atoms with E-state index in [1.165, 1.54) is 13.3 Å². The van der Waals surface area contributed by atoms with Gasteiger partial charge in [0, 0.05) is 15.6 Å². The summed E-state index contributed by atoms with van der Waals surface area (Å²) in [7, 11) is 1.53. The summed E-state index contributed by atoms with van der Waals surface area (Å²) in [6.45, 7) is 0.241. The predicted molar refractivity (Wildman–Crippen MR) is 124 cm³/mol. The maximum absolute atomic E-state index is 12.3. The molecular weight excluding hydrogens is 449 g/mol. The van der Waals surface area contributed by atoms with E-state index in [4.69, 9.17) is 32.7 Å². The van der Waals surface area contributed by atoms with Crippen molar-refractivity contribution in [3.8, 4) is 17.6 Å². The van der Waals surface area contributed by atoms with Crippen LogP contribution in [-0.2, 0) is 11.4 Å². The lowest BCUT2D eigenvalue weighted by Gasteiger charge is -2.12. The normalized spacial score (nSPS) is 11.6. The smallest absolute Gasteiger partial charge is 0.261 e. The molecule has 0 radical (unpaired) electrons. The quantitative estimate of drug-likeness (QED) is 0.358. The van der Waals surface area contributed by atoms with Crippen LogP contribution in [0.4, 0.5) is 0 Å². The number of methoxy groups -OCH3 is 1. The zero-order chi connectivity index (χ0) is 22.9. The number of halogens is 2. The molecule has 0 aliphatic rings. The van der Waals surface area contributed by atoms with Gasteiger partial charge in [-0.15, -0.1) is 0 Å². The fraction of sp³-hybridized carbons (Fsp3) is 0.125. The van der Waals surface area contributed by atoms with Crippen molar-refractivity contribution in [2.45, 2.75) is 12.5 Å². The standard InChI is InChI=1S/C24H19Cl2N3O3/c1-31-23-11-16(7-10-22(23)32-15-18-8-9-19(25)12-21(18)26)14-28-29-24(30)20(13-27)17-5-3-2-4-6-17/h2-12,14,20H,15H2,1H3,(H,29,30)/b28-14-/t20-/m1/s1. The monoisotopic (exact) mass is 467 g/mol. The average molecular weight is 468 g/mol. The van der Waals surface area contributed by atoms with E-state index in [-0.39, 0.29) is 6.61 Å². The van der Waals surface area contributed by atoms with Crippen molar-refractivity contribution in [1.29, 1.82) is 5.26 Å². The number of nitriles is 1. The number of amides is 1. The number of benzene rings is 3.